The lowest BCUT2D eigenvalue weighted by Crippen LogP contribution is -2.51. The molecule has 0 fully saturated rings. The highest BCUT2D eigenvalue weighted by atomic mass is 14.8. The van der Waals surface area contributed by atoms with Crippen molar-refractivity contribution in [3.8, 4) is 22.4 Å². The predicted octanol–water partition coefficient (Wildman–Crippen LogP) is -1.39. The Hall–Kier alpha value is -5.41. The molecule has 2 heterocycles. The van der Waals surface area contributed by atoms with E-state index in [1.165, 1.54) is 0 Å². The van der Waals surface area contributed by atoms with Gasteiger partial charge in [0.2, 0.25) is 0 Å². The maximum absolute atomic E-state index is 7.44. The normalized spacial score (nSPS) is 11.9. The molecule has 0 atom stereocenters. The number of pyridine rings is 2. The number of aromatic nitrogens is 2. The number of hydrogen-bond acceptors (Lipinski definition) is 2. The number of hydrogen-bond donors (Lipinski definition) is 0. The van der Waals surface area contributed by atoms with Gasteiger partial charge in [0.1, 0.15) is 86.3 Å². The van der Waals surface area contributed by atoms with Crippen LogP contribution >= 0.6 is 0 Å². The highest BCUT2D eigenvalue weighted by Crippen LogP contribution is 2.43. The van der Waals surface area contributed by atoms with Crippen LogP contribution in [0.15, 0.2) is 91.1 Å². The van der Waals surface area contributed by atoms with E-state index in [9.17, 15) is 0 Å². The van der Waals surface area contributed by atoms with Gasteiger partial charge in [-0.1, -0.05) is 111 Å². The Labute approximate surface area is 343 Å². The first-order chi connectivity index (χ1) is 27.4. The van der Waals surface area contributed by atoms with Gasteiger partial charge in [0.25, 0.3) is 0 Å². The standard InChI is InChI=1S/C44H15B11N2/c45-32-25-26(28-30(37(50)42(55)40(53)35(28)48)29-27(25)34(47)39(52)41(54)36(29)49)33(46)38(51)31(32)24-20-9-3-1-7-18(20)23(19-8-2-4-10-21(19)24)22-14-13-17-12-11-16-6-5-15-56-43(16)44(17)57-22/h1-15H. The summed E-state index contributed by atoms with van der Waals surface area (Å²) in [6, 6.07) is 28.3. The van der Waals surface area contributed by atoms with Crippen molar-refractivity contribution >= 4 is 222 Å². The molecule has 0 bridgehead atoms. The molecule has 2 aromatic heterocycles. The third-order valence-electron chi connectivity index (χ3n) is 11.6. The average Bonchev–Trinajstić information content (AvgIpc) is 3.23. The lowest BCUT2D eigenvalue weighted by Gasteiger charge is -2.29. The molecule has 0 saturated carbocycles. The van der Waals surface area contributed by atoms with Gasteiger partial charge in [-0.25, -0.2) is 4.98 Å². The van der Waals surface area contributed by atoms with E-state index in [0.717, 1.165) is 60.2 Å². The second kappa shape index (κ2) is 12.8. The molecule has 10 rings (SSSR count). The van der Waals surface area contributed by atoms with E-state index in [1.807, 2.05) is 54.6 Å². The number of nitrogens with zero attached hydrogens (tertiary/aromatic N) is 2. The Morgan fingerprint density at radius 3 is 1.16 bits per heavy atom. The minimum atomic E-state index is 0.0635. The molecular weight excluding hydrogens is 675 g/mol. The number of benzene rings is 8. The molecule has 2 nitrogen and oxygen atoms in total. The first kappa shape index (κ1) is 36.0. The van der Waals surface area contributed by atoms with Gasteiger partial charge in [-0.2, -0.15) is 0 Å². The Morgan fingerprint density at radius 1 is 0.298 bits per heavy atom. The third kappa shape index (κ3) is 4.81. The molecule has 0 spiro atoms. The monoisotopic (exact) mass is 692 g/mol. The van der Waals surface area contributed by atoms with Gasteiger partial charge in [-0.15, -0.1) is 21.9 Å². The predicted molar refractivity (Wildman–Crippen MR) is 255 cm³/mol. The molecule has 0 saturated heterocycles. The highest BCUT2D eigenvalue weighted by molar-refractivity contribution is 6.75. The molecule has 0 unspecified atom stereocenters. The van der Waals surface area contributed by atoms with Crippen LogP contribution in [0, 0.1) is 0 Å². The lowest BCUT2D eigenvalue weighted by molar-refractivity contribution is 1.38. The molecule has 0 aliphatic carbocycles. The van der Waals surface area contributed by atoms with Crippen molar-refractivity contribution in [1.29, 1.82) is 0 Å². The summed E-state index contributed by atoms with van der Waals surface area (Å²) in [5.74, 6) is 0. The molecule has 0 aliphatic rings. The van der Waals surface area contributed by atoms with Crippen molar-refractivity contribution in [3.05, 3.63) is 91.1 Å². The SMILES string of the molecule is [B]c1c([B])c([B])c2c(c1[B])c1c([B])c([B])c([B])c([B])c1c1c([B])c(-c3c4ccccc4c(-c4ccc5ccc6cccnc6c5n4)c4ccccc34)c([B])c([B])c21. The van der Waals surface area contributed by atoms with E-state index < -0.39 is 0 Å². The fraction of sp³-hybridized carbons (Fsp3) is 0. The topological polar surface area (TPSA) is 25.8 Å². The van der Waals surface area contributed by atoms with Gasteiger partial charge >= 0.3 is 0 Å². The van der Waals surface area contributed by atoms with Gasteiger partial charge < -0.3 is 0 Å². The second-order valence-corrected chi connectivity index (χ2v) is 14.4. The summed E-state index contributed by atoms with van der Waals surface area (Å²) in [6.07, 6.45) is 1.78. The summed E-state index contributed by atoms with van der Waals surface area (Å²) in [7, 11) is 74.7. The van der Waals surface area contributed by atoms with Gasteiger partial charge in [0.15, 0.2) is 0 Å². The lowest BCUT2D eigenvalue weighted by atomic mass is 9.58. The number of fused-ring (bicyclic) bond motifs is 11. The largest absolute Gasteiger partial charge is 0.254 e. The van der Waals surface area contributed by atoms with Crippen LogP contribution in [0.5, 0.6) is 0 Å². The van der Waals surface area contributed by atoms with Crippen molar-refractivity contribution in [3.63, 3.8) is 0 Å². The smallest absolute Gasteiger partial charge is 0.115 e. The Balaban J connectivity index is 1.41. The minimum absolute atomic E-state index is 0.0635. The Morgan fingerprint density at radius 2 is 0.684 bits per heavy atom. The first-order valence-electron chi connectivity index (χ1n) is 18.0. The Kier molecular flexibility index (Phi) is 8.08. The van der Waals surface area contributed by atoms with E-state index in [1.54, 1.807) is 6.20 Å². The Bertz CT molecular complexity index is 3390. The summed E-state index contributed by atoms with van der Waals surface area (Å²) in [4.78, 5) is 9.97. The molecule has 0 aliphatic heterocycles. The fourth-order valence-electron chi connectivity index (χ4n) is 8.83. The van der Waals surface area contributed by atoms with E-state index in [2.05, 4.69) is 30.3 Å². The van der Waals surface area contributed by atoms with Crippen LogP contribution in [0.3, 0.4) is 0 Å². The zero-order valence-electron chi connectivity index (χ0n) is 30.4. The molecule has 13 heteroatoms. The summed E-state index contributed by atoms with van der Waals surface area (Å²) in [5, 5.41) is 7.71. The zero-order chi connectivity index (χ0) is 39.8. The quantitative estimate of drug-likeness (QED) is 0.127. The van der Waals surface area contributed by atoms with E-state index in [0.29, 0.717) is 37.9 Å². The van der Waals surface area contributed by atoms with Gasteiger partial charge in [-0.3, -0.25) is 4.98 Å². The molecule has 22 radical (unpaired) electrons. The third-order valence-corrected chi connectivity index (χ3v) is 11.6. The van der Waals surface area contributed by atoms with Crippen LogP contribution in [-0.4, -0.2) is 96.3 Å². The molecule has 234 valence electrons. The number of rotatable bonds is 2. The molecule has 8 aromatic carbocycles. The van der Waals surface area contributed by atoms with Crippen LogP contribution in [0.4, 0.5) is 0 Å². The maximum Gasteiger partial charge on any atom is 0.115 e. The summed E-state index contributed by atoms with van der Waals surface area (Å²) in [6.45, 7) is 0. The summed E-state index contributed by atoms with van der Waals surface area (Å²) in [5.41, 5.74) is 5.88. The second-order valence-electron chi connectivity index (χ2n) is 14.4. The van der Waals surface area contributed by atoms with Crippen molar-refractivity contribution in [1.82, 2.24) is 9.97 Å². The first-order valence-corrected chi connectivity index (χ1v) is 18.0. The van der Waals surface area contributed by atoms with E-state index in [-0.39, 0.29) is 60.1 Å². The maximum atomic E-state index is 7.44. The van der Waals surface area contributed by atoms with Crippen LogP contribution in [0.25, 0.3) is 98.1 Å². The molecule has 0 N–H and O–H groups in total. The van der Waals surface area contributed by atoms with Gasteiger partial charge in [-0.05, 0) is 77.1 Å². The summed E-state index contributed by atoms with van der Waals surface area (Å²) < 4.78 is 0. The van der Waals surface area contributed by atoms with Crippen molar-refractivity contribution < 1.29 is 0 Å². The van der Waals surface area contributed by atoms with Crippen LogP contribution < -0.4 is 60.1 Å². The van der Waals surface area contributed by atoms with Crippen LogP contribution in [0.1, 0.15) is 0 Å². The molecule has 10 aromatic rings. The molecule has 0 amide bonds. The van der Waals surface area contributed by atoms with Gasteiger partial charge in [0, 0.05) is 22.5 Å². The fourth-order valence-corrected chi connectivity index (χ4v) is 8.83. The van der Waals surface area contributed by atoms with Crippen molar-refractivity contribution in [2.75, 3.05) is 0 Å². The van der Waals surface area contributed by atoms with Gasteiger partial charge in [0.05, 0.1) is 16.7 Å². The van der Waals surface area contributed by atoms with Crippen molar-refractivity contribution in [2.45, 2.75) is 0 Å². The average molecular weight is 691 g/mol. The van der Waals surface area contributed by atoms with E-state index in [4.69, 9.17) is 96.3 Å². The van der Waals surface area contributed by atoms with Crippen LogP contribution in [0.2, 0.25) is 0 Å². The van der Waals surface area contributed by atoms with Crippen molar-refractivity contribution in [2.24, 2.45) is 0 Å². The van der Waals surface area contributed by atoms with Crippen LogP contribution in [-0.2, 0) is 0 Å². The highest BCUT2D eigenvalue weighted by Gasteiger charge is 2.26. The summed E-state index contributed by atoms with van der Waals surface area (Å²) >= 11 is 0. The zero-order valence-corrected chi connectivity index (χ0v) is 30.4. The minimum Gasteiger partial charge on any atom is -0.254 e. The molecular formula is C44H15B11N2. The van der Waals surface area contributed by atoms with E-state index >= 15 is 0 Å². The molecule has 57 heavy (non-hydrogen) atoms.